The summed E-state index contributed by atoms with van der Waals surface area (Å²) in [5.74, 6) is -0.153. The molecule has 1 aromatic heterocycles. The number of piperidine rings is 1. The zero-order chi connectivity index (χ0) is 17.9. The number of hydrogen-bond donors (Lipinski definition) is 0. The van der Waals surface area contributed by atoms with Crippen LogP contribution < -0.4 is 0 Å². The predicted octanol–water partition coefficient (Wildman–Crippen LogP) is 3.77. The minimum atomic E-state index is -4.63. The van der Waals surface area contributed by atoms with Gasteiger partial charge < -0.3 is 4.90 Å². The summed E-state index contributed by atoms with van der Waals surface area (Å²) in [6, 6.07) is 2.58. The van der Waals surface area contributed by atoms with Gasteiger partial charge in [0, 0.05) is 18.3 Å². The van der Waals surface area contributed by atoms with Crippen molar-refractivity contribution in [3.63, 3.8) is 0 Å². The lowest BCUT2D eigenvalue weighted by molar-refractivity contribution is -0.138. The number of aryl methyl sites for hydroxylation is 1. The Morgan fingerprint density at radius 3 is 2.79 bits per heavy atom. The lowest BCUT2D eigenvalue weighted by Crippen LogP contribution is -2.42. The van der Waals surface area contributed by atoms with Crippen molar-refractivity contribution < 1.29 is 18.0 Å². The average molecular weight is 357 g/mol. The largest absolute Gasteiger partial charge is 0.417 e. The van der Waals surface area contributed by atoms with Gasteiger partial charge in [0.2, 0.25) is 5.91 Å². The summed E-state index contributed by atoms with van der Waals surface area (Å²) in [5, 5.41) is 9.07. The van der Waals surface area contributed by atoms with Crippen LogP contribution >= 0.6 is 11.8 Å². The third-order valence-electron chi connectivity index (χ3n) is 3.99. The Morgan fingerprint density at radius 2 is 2.21 bits per heavy atom. The van der Waals surface area contributed by atoms with Gasteiger partial charge >= 0.3 is 6.18 Å². The molecular weight excluding hydrogens is 339 g/mol. The normalized spacial score (nSPS) is 18.3. The number of thioether (sulfide) groups is 1. The Balaban J connectivity index is 2.19. The van der Waals surface area contributed by atoms with Crippen LogP contribution in [0.15, 0.2) is 11.1 Å². The molecule has 8 heteroatoms. The summed E-state index contributed by atoms with van der Waals surface area (Å²) in [4.78, 5) is 18.1. The number of halogens is 3. The van der Waals surface area contributed by atoms with Crippen molar-refractivity contribution in [2.24, 2.45) is 0 Å². The van der Waals surface area contributed by atoms with E-state index in [1.54, 1.807) is 11.0 Å². The summed E-state index contributed by atoms with van der Waals surface area (Å²) >= 11 is 0.895. The number of carbonyl (C=O) groups is 1. The van der Waals surface area contributed by atoms with E-state index in [2.05, 4.69) is 4.98 Å². The molecule has 0 aliphatic carbocycles. The summed E-state index contributed by atoms with van der Waals surface area (Å²) in [7, 11) is 0. The van der Waals surface area contributed by atoms with Crippen LogP contribution in [0.4, 0.5) is 13.2 Å². The molecule has 2 heterocycles. The molecule has 1 saturated heterocycles. The fourth-order valence-corrected chi connectivity index (χ4v) is 3.70. The quantitative estimate of drug-likeness (QED) is 0.773. The van der Waals surface area contributed by atoms with E-state index in [1.165, 1.54) is 6.92 Å². The fraction of sp³-hybridized carbons (Fsp3) is 0.562. The Morgan fingerprint density at radius 1 is 1.50 bits per heavy atom. The lowest BCUT2D eigenvalue weighted by Gasteiger charge is -2.33. The van der Waals surface area contributed by atoms with Crippen molar-refractivity contribution in [2.45, 2.75) is 50.4 Å². The van der Waals surface area contributed by atoms with Crippen LogP contribution in [0.25, 0.3) is 0 Å². The number of carbonyl (C=O) groups excluding carboxylic acids is 1. The molecule has 1 fully saturated rings. The highest BCUT2D eigenvalue weighted by molar-refractivity contribution is 8.00. The maximum atomic E-state index is 13.1. The van der Waals surface area contributed by atoms with Gasteiger partial charge in [-0.05, 0) is 39.2 Å². The maximum Gasteiger partial charge on any atom is 0.417 e. The smallest absolute Gasteiger partial charge is 0.339 e. The first-order valence-corrected chi connectivity index (χ1v) is 8.63. The van der Waals surface area contributed by atoms with Crippen molar-refractivity contribution >= 4 is 17.7 Å². The zero-order valence-electron chi connectivity index (χ0n) is 13.5. The second-order valence-corrected chi connectivity index (χ2v) is 6.79. The lowest BCUT2D eigenvalue weighted by atomic mass is 10.0. The highest BCUT2D eigenvalue weighted by Crippen LogP contribution is 2.36. The number of alkyl halides is 3. The molecule has 24 heavy (non-hydrogen) atoms. The van der Waals surface area contributed by atoms with Crippen molar-refractivity contribution in [2.75, 3.05) is 12.3 Å². The van der Waals surface area contributed by atoms with E-state index in [-0.39, 0.29) is 28.4 Å². The Hall–Kier alpha value is -1.75. The summed E-state index contributed by atoms with van der Waals surface area (Å²) in [6.07, 6.45) is -1.68. The van der Waals surface area contributed by atoms with Crippen molar-refractivity contribution in [3.8, 4) is 6.07 Å². The van der Waals surface area contributed by atoms with Gasteiger partial charge in [-0.1, -0.05) is 11.8 Å². The van der Waals surface area contributed by atoms with Gasteiger partial charge in [0.25, 0.3) is 0 Å². The highest BCUT2D eigenvalue weighted by Gasteiger charge is 2.35. The molecule has 1 amide bonds. The number of pyridine rings is 1. The van der Waals surface area contributed by atoms with Crippen LogP contribution in [0.5, 0.6) is 0 Å². The van der Waals surface area contributed by atoms with Crippen LogP contribution in [-0.2, 0) is 11.0 Å². The second-order valence-electron chi connectivity index (χ2n) is 5.82. The van der Waals surface area contributed by atoms with E-state index < -0.39 is 17.3 Å². The first kappa shape index (κ1) is 18.6. The molecule has 0 bridgehead atoms. The molecule has 0 aromatic carbocycles. The van der Waals surface area contributed by atoms with Crippen LogP contribution in [0.3, 0.4) is 0 Å². The molecule has 1 aliphatic rings. The van der Waals surface area contributed by atoms with E-state index >= 15 is 0 Å². The second kappa shape index (κ2) is 7.43. The van der Waals surface area contributed by atoms with Gasteiger partial charge in [-0.3, -0.25) is 4.79 Å². The fourth-order valence-electron chi connectivity index (χ4n) is 2.76. The van der Waals surface area contributed by atoms with Crippen molar-refractivity contribution in [3.05, 3.63) is 22.9 Å². The maximum absolute atomic E-state index is 13.1. The number of rotatable bonds is 3. The van der Waals surface area contributed by atoms with Crippen LogP contribution in [-0.4, -0.2) is 34.1 Å². The van der Waals surface area contributed by atoms with E-state index in [0.717, 1.165) is 37.1 Å². The zero-order valence-corrected chi connectivity index (χ0v) is 14.3. The minimum Gasteiger partial charge on any atom is -0.339 e. The van der Waals surface area contributed by atoms with Gasteiger partial charge in [-0.25, -0.2) is 4.98 Å². The topological polar surface area (TPSA) is 57.0 Å². The SMILES string of the molecule is Cc1cc(C(F)(F)F)c(C#N)c(SCC(=O)N2CCCCC2C)n1. The molecule has 0 radical (unpaired) electrons. The van der Waals surface area contributed by atoms with E-state index in [9.17, 15) is 18.0 Å². The Bertz CT molecular complexity index is 670. The number of aromatic nitrogens is 1. The molecule has 0 N–H and O–H groups in total. The number of amides is 1. The number of nitrogens with zero attached hydrogens (tertiary/aromatic N) is 3. The first-order valence-electron chi connectivity index (χ1n) is 7.65. The number of likely N-dealkylation sites (tertiary alicyclic amines) is 1. The van der Waals surface area contributed by atoms with Gasteiger partial charge in [-0.15, -0.1) is 0 Å². The minimum absolute atomic E-state index is 0.0211. The summed E-state index contributed by atoms with van der Waals surface area (Å²) in [6.45, 7) is 4.07. The molecule has 1 unspecified atom stereocenters. The molecular formula is C16H18F3N3OS. The molecule has 0 spiro atoms. The predicted molar refractivity (Wildman–Crippen MR) is 84.4 cm³/mol. The first-order chi connectivity index (χ1) is 11.2. The molecule has 2 rings (SSSR count). The van der Waals surface area contributed by atoms with Crippen LogP contribution in [0.1, 0.15) is 43.0 Å². The summed E-state index contributed by atoms with van der Waals surface area (Å²) in [5.41, 5.74) is -1.35. The van der Waals surface area contributed by atoms with Gasteiger partial charge in [0.15, 0.2) is 0 Å². The number of hydrogen-bond acceptors (Lipinski definition) is 4. The highest BCUT2D eigenvalue weighted by atomic mass is 32.2. The standard InChI is InChI=1S/C16H18F3N3OS/c1-10-7-13(16(17,18)19)12(8-20)15(21-10)24-9-14(23)22-6-4-3-5-11(22)2/h7,11H,3-6,9H2,1-2H3. The van der Waals surface area contributed by atoms with Crippen LogP contribution in [0.2, 0.25) is 0 Å². The Kier molecular flexibility index (Phi) is 5.75. The van der Waals surface area contributed by atoms with Gasteiger partial charge in [0.05, 0.1) is 16.9 Å². The van der Waals surface area contributed by atoms with Crippen molar-refractivity contribution in [1.29, 1.82) is 5.26 Å². The summed E-state index contributed by atoms with van der Waals surface area (Å²) < 4.78 is 39.2. The molecule has 1 aromatic rings. The molecule has 1 aliphatic heterocycles. The van der Waals surface area contributed by atoms with Crippen LogP contribution in [0, 0.1) is 18.3 Å². The molecule has 1 atom stereocenters. The van der Waals surface area contributed by atoms with Gasteiger partial charge in [-0.2, -0.15) is 18.4 Å². The van der Waals surface area contributed by atoms with E-state index in [4.69, 9.17) is 5.26 Å². The third kappa shape index (κ3) is 4.20. The van der Waals surface area contributed by atoms with Crippen molar-refractivity contribution in [1.82, 2.24) is 9.88 Å². The molecule has 130 valence electrons. The van der Waals surface area contributed by atoms with Gasteiger partial charge in [0.1, 0.15) is 11.1 Å². The van der Waals surface area contributed by atoms with E-state index in [1.807, 2.05) is 6.92 Å². The third-order valence-corrected chi connectivity index (χ3v) is 4.95. The average Bonchev–Trinajstić information content (AvgIpc) is 2.51. The Labute approximate surface area is 143 Å². The number of nitriles is 1. The monoisotopic (exact) mass is 357 g/mol. The molecule has 4 nitrogen and oxygen atoms in total. The van der Waals surface area contributed by atoms with E-state index in [0.29, 0.717) is 6.54 Å². The molecule has 0 saturated carbocycles.